The maximum atomic E-state index is 12.8. The first-order valence-corrected chi connectivity index (χ1v) is 10.4. The van der Waals surface area contributed by atoms with Crippen molar-refractivity contribution in [3.05, 3.63) is 18.0 Å². The van der Waals surface area contributed by atoms with Crippen LogP contribution in [0.1, 0.15) is 49.0 Å². The van der Waals surface area contributed by atoms with E-state index in [4.69, 9.17) is 0 Å². The summed E-state index contributed by atoms with van der Waals surface area (Å²) in [7, 11) is -1.99. The number of rotatable bonds is 5. The van der Waals surface area contributed by atoms with Gasteiger partial charge in [-0.3, -0.25) is 9.59 Å². The predicted molar refractivity (Wildman–Crippen MR) is 94.3 cm³/mol. The van der Waals surface area contributed by atoms with E-state index in [0.717, 1.165) is 25.7 Å². The first-order valence-electron chi connectivity index (χ1n) is 9.01. The van der Waals surface area contributed by atoms with Crippen molar-refractivity contribution in [1.82, 2.24) is 14.2 Å². The van der Waals surface area contributed by atoms with Crippen LogP contribution in [-0.2, 0) is 21.9 Å². The number of piperidine rings is 1. The molecular formula is C17H25N3O5S. The number of amides is 1. The van der Waals surface area contributed by atoms with Gasteiger partial charge in [-0.1, -0.05) is 12.8 Å². The highest BCUT2D eigenvalue weighted by Crippen LogP contribution is 2.27. The highest BCUT2D eigenvalue weighted by Gasteiger charge is 2.35. The largest absolute Gasteiger partial charge is 0.481 e. The Morgan fingerprint density at radius 1 is 1.15 bits per heavy atom. The van der Waals surface area contributed by atoms with E-state index in [2.05, 4.69) is 5.32 Å². The first kappa shape index (κ1) is 18.9. The van der Waals surface area contributed by atoms with E-state index < -0.39 is 33.9 Å². The molecule has 8 nitrogen and oxygen atoms in total. The third-order valence-electron chi connectivity index (χ3n) is 5.31. The molecule has 2 fully saturated rings. The maximum Gasteiger partial charge on any atom is 0.308 e. The van der Waals surface area contributed by atoms with Crippen LogP contribution in [-0.4, -0.2) is 53.4 Å². The third-order valence-corrected chi connectivity index (χ3v) is 7.18. The van der Waals surface area contributed by atoms with E-state index in [9.17, 15) is 23.1 Å². The highest BCUT2D eigenvalue weighted by molar-refractivity contribution is 7.89. The van der Waals surface area contributed by atoms with Gasteiger partial charge in [0, 0.05) is 32.4 Å². The summed E-state index contributed by atoms with van der Waals surface area (Å²) in [6.45, 7) is 1.00. The topological polar surface area (TPSA) is 109 Å². The van der Waals surface area contributed by atoms with Crippen molar-refractivity contribution in [3.63, 3.8) is 0 Å². The molecule has 3 rings (SSSR count). The average molecular weight is 383 g/mol. The zero-order valence-corrected chi connectivity index (χ0v) is 15.7. The van der Waals surface area contributed by atoms with Crippen LogP contribution in [0.3, 0.4) is 0 Å². The Bertz CT molecular complexity index is 795. The minimum absolute atomic E-state index is 0.105. The second-order valence-corrected chi connectivity index (χ2v) is 9.03. The Labute approximate surface area is 153 Å². The molecule has 1 saturated heterocycles. The van der Waals surface area contributed by atoms with Gasteiger partial charge in [-0.15, -0.1) is 0 Å². The van der Waals surface area contributed by atoms with Crippen molar-refractivity contribution in [3.8, 4) is 0 Å². The Balaban J connectivity index is 1.77. The number of carboxylic acid groups (broad SMARTS) is 1. The molecule has 1 aromatic rings. The van der Waals surface area contributed by atoms with Crippen molar-refractivity contribution in [1.29, 1.82) is 0 Å². The second-order valence-electron chi connectivity index (χ2n) is 7.09. The Kier molecular flexibility index (Phi) is 5.38. The van der Waals surface area contributed by atoms with Gasteiger partial charge in [0.25, 0.3) is 5.91 Å². The molecule has 0 spiro atoms. The fraction of sp³-hybridized carbons (Fsp3) is 0.647. The molecule has 26 heavy (non-hydrogen) atoms. The van der Waals surface area contributed by atoms with Crippen LogP contribution in [0.25, 0.3) is 0 Å². The van der Waals surface area contributed by atoms with Crippen LogP contribution in [0, 0.1) is 5.92 Å². The van der Waals surface area contributed by atoms with E-state index in [0.29, 0.717) is 25.9 Å². The van der Waals surface area contributed by atoms with Crippen LogP contribution in [0.4, 0.5) is 0 Å². The molecule has 2 aliphatic rings. The highest BCUT2D eigenvalue weighted by atomic mass is 32.2. The van der Waals surface area contributed by atoms with Crippen LogP contribution in [0.2, 0.25) is 0 Å². The molecule has 0 radical (unpaired) electrons. The monoisotopic (exact) mass is 383 g/mol. The fourth-order valence-electron chi connectivity index (χ4n) is 3.83. The summed E-state index contributed by atoms with van der Waals surface area (Å²) < 4.78 is 28.5. The van der Waals surface area contributed by atoms with Crippen LogP contribution >= 0.6 is 0 Å². The normalized spacial score (nSPS) is 24.5. The molecule has 1 aromatic heterocycles. The quantitative estimate of drug-likeness (QED) is 0.794. The number of hydrogen-bond donors (Lipinski definition) is 2. The lowest BCUT2D eigenvalue weighted by atomic mass is 10.0. The SMILES string of the molecule is Cn1cc(S(=O)(=O)N2CCCCC2)cc1C(=O)N[C@@H]1CCC[C@@H]1C(=O)O. The lowest BCUT2D eigenvalue weighted by Crippen LogP contribution is -2.40. The summed E-state index contributed by atoms with van der Waals surface area (Å²) >= 11 is 0. The summed E-state index contributed by atoms with van der Waals surface area (Å²) in [6, 6.07) is 0.960. The fourth-order valence-corrected chi connectivity index (χ4v) is 5.42. The Morgan fingerprint density at radius 3 is 2.50 bits per heavy atom. The molecule has 144 valence electrons. The van der Waals surface area contributed by atoms with Gasteiger partial charge < -0.3 is 15.0 Å². The second kappa shape index (κ2) is 7.40. The molecule has 9 heteroatoms. The molecular weight excluding hydrogens is 358 g/mol. The van der Waals surface area contributed by atoms with Crippen LogP contribution < -0.4 is 5.32 Å². The smallest absolute Gasteiger partial charge is 0.308 e. The van der Waals surface area contributed by atoms with Crippen molar-refractivity contribution in [2.45, 2.75) is 49.5 Å². The predicted octanol–water partition coefficient (Wildman–Crippen LogP) is 1.18. The lowest BCUT2D eigenvalue weighted by molar-refractivity contribution is -0.142. The third kappa shape index (κ3) is 3.64. The molecule has 0 bridgehead atoms. The molecule has 1 amide bonds. The van der Waals surface area contributed by atoms with E-state index >= 15 is 0 Å². The minimum Gasteiger partial charge on any atom is -0.481 e. The minimum atomic E-state index is -3.61. The molecule has 2 heterocycles. The summed E-state index contributed by atoms with van der Waals surface area (Å²) in [4.78, 5) is 23.9. The van der Waals surface area contributed by atoms with Gasteiger partial charge >= 0.3 is 5.97 Å². The average Bonchev–Trinajstić information content (AvgIpc) is 3.22. The molecule has 1 saturated carbocycles. The number of hydrogen-bond acceptors (Lipinski definition) is 4. The lowest BCUT2D eigenvalue weighted by Gasteiger charge is -2.25. The van der Waals surface area contributed by atoms with Crippen molar-refractivity contribution in [2.75, 3.05) is 13.1 Å². The van der Waals surface area contributed by atoms with Crippen molar-refractivity contribution < 1.29 is 23.1 Å². The first-order chi connectivity index (χ1) is 12.3. The number of aromatic nitrogens is 1. The Morgan fingerprint density at radius 2 is 1.85 bits per heavy atom. The molecule has 2 atom stereocenters. The molecule has 1 aliphatic carbocycles. The number of nitrogens with one attached hydrogen (secondary N) is 1. The van der Waals surface area contributed by atoms with Gasteiger partial charge in [0.2, 0.25) is 10.0 Å². The van der Waals surface area contributed by atoms with E-state index in [1.165, 1.54) is 21.1 Å². The van der Waals surface area contributed by atoms with Crippen LogP contribution in [0.5, 0.6) is 0 Å². The Hall–Kier alpha value is -1.87. The van der Waals surface area contributed by atoms with E-state index in [-0.39, 0.29) is 10.6 Å². The standard InChI is InChI=1S/C17H25N3O5S/c1-19-11-12(26(24,25)20-8-3-2-4-9-20)10-15(19)16(21)18-14-7-5-6-13(14)17(22)23/h10-11,13-14H,2-9H2,1H3,(H,18,21)(H,22,23)/t13-,14+/m0/s1. The molecule has 0 aromatic carbocycles. The summed E-state index contributed by atoms with van der Waals surface area (Å²) in [5.41, 5.74) is 0.219. The number of aliphatic carboxylic acids is 1. The van der Waals surface area contributed by atoms with Crippen molar-refractivity contribution in [2.24, 2.45) is 13.0 Å². The summed E-state index contributed by atoms with van der Waals surface area (Å²) in [6.07, 6.45) is 6.08. The van der Waals surface area contributed by atoms with Gasteiger partial charge in [-0.25, -0.2) is 8.42 Å². The van der Waals surface area contributed by atoms with Gasteiger partial charge in [-0.2, -0.15) is 4.31 Å². The van der Waals surface area contributed by atoms with Crippen molar-refractivity contribution >= 4 is 21.9 Å². The van der Waals surface area contributed by atoms with Gasteiger partial charge in [0.1, 0.15) is 10.6 Å². The molecule has 1 aliphatic heterocycles. The summed E-state index contributed by atoms with van der Waals surface area (Å²) in [5, 5.41) is 12.0. The van der Waals surface area contributed by atoms with E-state index in [1.807, 2.05) is 0 Å². The summed E-state index contributed by atoms with van der Waals surface area (Å²) in [5.74, 6) is -1.94. The van der Waals surface area contributed by atoms with Crippen LogP contribution in [0.15, 0.2) is 17.2 Å². The van der Waals surface area contributed by atoms with Gasteiger partial charge in [0.15, 0.2) is 0 Å². The van der Waals surface area contributed by atoms with E-state index in [1.54, 1.807) is 7.05 Å². The number of carbonyl (C=O) groups excluding carboxylic acids is 1. The zero-order valence-electron chi connectivity index (χ0n) is 14.8. The van der Waals surface area contributed by atoms with Gasteiger partial charge in [-0.05, 0) is 31.7 Å². The van der Waals surface area contributed by atoms with Gasteiger partial charge in [0.05, 0.1) is 5.92 Å². The zero-order chi connectivity index (χ0) is 18.9. The number of carbonyl (C=O) groups is 2. The molecule has 2 N–H and O–H groups in total. The number of carboxylic acids is 1. The maximum absolute atomic E-state index is 12.8. The number of sulfonamides is 1. The molecule has 0 unspecified atom stereocenters. The number of aryl methyl sites for hydroxylation is 1. The number of nitrogens with zero attached hydrogens (tertiary/aromatic N) is 2.